The molecule has 1 saturated heterocycles. The minimum atomic E-state index is -0.363. The Hall–Kier alpha value is -2.71. The molecule has 0 unspecified atom stereocenters. The Morgan fingerprint density at radius 1 is 0.971 bits per heavy atom. The molecule has 0 bridgehead atoms. The van der Waals surface area contributed by atoms with Crippen LogP contribution in [0.4, 0.5) is 10.7 Å². The van der Waals surface area contributed by atoms with Crippen LogP contribution in [0.1, 0.15) is 63.8 Å². The van der Waals surface area contributed by atoms with Crippen LogP contribution in [0.5, 0.6) is 0 Å². The van der Waals surface area contributed by atoms with Gasteiger partial charge >= 0.3 is 5.97 Å². The lowest BCUT2D eigenvalue weighted by Gasteiger charge is -2.35. The Labute approximate surface area is 205 Å². The quantitative estimate of drug-likeness (QED) is 0.491. The minimum Gasteiger partial charge on any atom is -0.465 e. The molecule has 182 valence electrons. The highest BCUT2D eigenvalue weighted by Crippen LogP contribution is 2.37. The molecule has 4 rings (SSSR count). The molecule has 8 heteroatoms. The predicted octanol–water partition coefficient (Wildman–Crippen LogP) is 4.16. The van der Waals surface area contributed by atoms with E-state index in [0.29, 0.717) is 22.7 Å². The number of anilines is 2. The molecule has 1 aliphatic heterocycles. The number of nitrogens with one attached hydrogen (secondary N) is 1. The van der Waals surface area contributed by atoms with Crippen molar-refractivity contribution >= 4 is 39.7 Å². The molecule has 1 amide bonds. The Bertz CT molecular complexity index is 1040. The summed E-state index contributed by atoms with van der Waals surface area (Å²) in [6.45, 7) is 5.03. The van der Waals surface area contributed by atoms with Gasteiger partial charge in [0.05, 0.1) is 19.2 Å². The average molecular weight is 484 g/mol. The number of esters is 1. The highest BCUT2D eigenvalue weighted by atomic mass is 32.1. The summed E-state index contributed by atoms with van der Waals surface area (Å²) in [5.74, 6) is -0.396. The van der Waals surface area contributed by atoms with E-state index in [4.69, 9.17) is 4.74 Å². The van der Waals surface area contributed by atoms with Crippen molar-refractivity contribution in [2.24, 2.45) is 0 Å². The standard InChI is InChI=1S/C26H33N3O4S/c1-18(30)19-9-11-20(12-10-19)29-15-13-28(14-16-29)17-23(31)27-25-24(26(32)33-2)21-7-5-3-4-6-8-22(21)34-25/h9-12H,3-8,13-17H2,1-2H3,(H,27,31). The Kier molecular flexibility index (Phi) is 8.00. The highest BCUT2D eigenvalue weighted by molar-refractivity contribution is 7.17. The van der Waals surface area contributed by atoms with Gasteiger partial charge in [-0.05, 0) is 62.4 Å². The molecule has 0 atom stereocenters. The number of carbonyl (C=O) groups is 3. The van der Waals surface area contributed by atoms with Crippen LogP contribution in [0, 0.1) is 0 Å². The Balaban J connectivity index is 1.36. The maximum absolute atomic E-state index is 12.9. The molecular weight excluding hydrogens is 450 g/mol. The highest BCUT2D eigenvalue weighted by Gasteiger charge is 2.27. The fourth-order valence-electron chi connectivity index (χ4n) is 4.77. The summed E-state index contributed by atoms with van der Waals surface area (Å²) in [4.78, 5) is 42.6. The zero-order chi connectivity index (χ0) is 24.1. The summed E-state index contributed by atoms with van der Waals surface area (Å²) in [6.07, 6.45) is 6.37. The smallest absolute Gasteiger partial charge is 0.341 e. The molecule has 2 aromatic rings. The molecule has 1 aliphatic carbocycles. The van der Waals surface area contributed by atoms with E-state index in [0.717, 1.165) is 63.1 Å². The molecule has 0 spiro atoms. The third kappa shape index (κ3) is 5.67. The number of aryl methyl sites for hydroxylation is 1. The molecule has 0 saturated carbocycles. The van der Waals surface area contributed by atoms with Crippen LogP contribution in [0.3, 0.4) is 0 Å². The van der Waals surface area contributed by atoms with Crippen LogP contribution in [-0.2, 0) is 22.4 Å². The second-order valence-electron chi connectivity index (χ2n) is 9.03. The average Bonchev–Trinajstić information content (AvgIpc) is 3.14. The van der Waals surface area contributed by atoms with Crippen molar-refractivity contribution in [2.45, 2.75) is 45.4 Å². The summed E-state index contributed by atoms with van der Waals surface area (Å²) in [7, 11) is 1.40. The molecule has 1 fully saturated rings. The second kappa shape index (κ2) is 11.1. The predicted molar refractivity (Wildman–Crippen MR) is 135 cm³/mol. The molecule has 1 N–H and O–H groups in total. The van der Waals surface area contributed by atoms with Gasteiger partial charge in [0.15, 0.2) is 5.78 Å². The Morgan fingerprint density at radius 2 is 1.65 bits per heavy atom. The van der Waals surface area contributed by atoms with Crippen LogP contribution in [0.15, 0.2) is 24.3 Å². The first-order chi connectivity index (χ1) is 16.5. The summed E-state index contributed by atoms with van der Waals surface area (Å²) in [5, 5.41) is 3.65. The zero-order valence-corrected chi connectivity index (χ0v) is 20.8. The molecular formula is C26H33N3O4S. The lowest BCUT2D eigenvalue weighted by molar-refractivity contribution is -0.117. The van der Waals surface area contributed by atoms with Crippen LogP contribution in [-0.4, -0.2) is 62.4 Å². The zero-order valence-electron chi connectivity index (χ0n) is 20.0. The van der Waals surface area contributed by atoms with Crippen LogP contribution < -0.4 is 10.2 Å². The minimum absolute atomic E-state index is 0.0652. The summed E-state index contributed by atoms with van der Waals surface area (Å²) >= 11 is 1.54. The number of carbonyl (C=O) groups excluding carboxylic acids is 3. The van der Waals surface area contributed by atoms with Gasteiger partial charge in [-0.15, -0.1) is 11.3 Å². The van der Waals surface area contributed by atoms with E-state index in [9.17, 15) is 14.4 Å². The lowest BCUT2D eigenvalue weighted by Crippen LogP contribution is -2.48. The van der Waals surface area contributed by atoms with Gasteiger partial charge in [-0.2, -0.15) is 0 Å². The van der Waals surface area contributed by atoms with E-state index in [2.05, 4.69) is 15.1 Å². The van der Waals surface area contributed by atoms with Crippen molar-refractivity contribution in [3.8, 4) is 0 Å². The van der Waals surface area contributed by atoms with Gasteiger partial charge in [-0.25, -0.2) is 4.79 Å². The molecule has 7 nitrogen and oxygen atoms in total. The second-order valence-corrected chi connectivity index (χ2v) is 10.1. The number of piperazine rings is 1. The number of benzene rings is 1. The number of hydrogen-bond donors (Lipinski definition) is 1. The van der Waals surface area contributed by atoms with Gasteiger partial charge in [-0.1, -0.05) is 12.8 Å². The monoisotopic (exact) mass is 483 g/mol. The van der Waals surface area contributed by atoms with Gasteiger partial charge in [0.2, 0.25) is 5.91 Å². The van der Waals surface area contributed by atoms with Crippen LogP contribution in [0.25, 0.3) is 0 Å². The molecule has 1 aromatic heterocycles. The third-order valence-corrected chi connectivity index (χ3v) is 7.90. The van der Waals surface area contributed by atoms with Gasteiger partial charge in [-0.3, -0.25) is 14.5 Å². The van der Waals surface area contributed by atoms with Crippen molar-refractivity contribution in [2.75, 3.05) is 50.1 Å². The van der Waals surface area contributed by atoms with Gasteiger partial charge in [0.1, 0.15) is 5.00 Å². The number of methoxy groups -OCH3 is 1. The van der Waals surface area contributed by atoms with Crippen molar-refractivity contribution in [1.82, 2.24) is 4.90 Å². The van der Waals surface area contributed by atoms with E-state index in [1.807, 2.05) is 24.3 Å². The van der Waals surface area contributed by atoms with Crippen molar-refractivity contribution in [3.63, 3.8) is 0 Å². The molecule has 0 radical (unpaired) electrons. The first-order valence-electron chi connectivity index (χ1n) is 12.1. The van der Waals surface area contributed by atoms with Crippen molar-refractivity contribution in [1.29, 1.82) is 0 Å². The molecule has 2 aliphatic rings. The lowest BCUT2D eigenvalue weighted by atomic mass is 9.96. The fraction of sp³-hybridized carbons (Fsp3) is 0.500. The fourth-order valence-corrected chi connectivity index (χ4v) is 6.06. The van der Waals surface area contributed by atoms with E-state index >= 15 is 0 Å². The number of fused-ring (bicyclic) bond motifs is 1. The number of nitrogens with zero attached hydrogens (tertiary/aromatic N) is 2. The largest absolute Gasteiger partial charge is 0.465 e. The SMILES string of the molecule is COC(=O)c1c(NC(=O)CN2CCN(c3ccc(C(C)=O)cc3)CC2)sc2c1CCCCCC2. The van der Waals surface area contributed by atoms with E-state index in [1.54, 1.807) is 6.92 Å². The van der Waals surface area contributed by atoms with Crippen molar-refractivity contribution < 1.29 is 19.1 Å². The summed E-state index contributed by atoms with van der Waals surface area (Å²) in [6, 6.07) is 7.69. The maximum atomic E-state index is 12.9. The van der Waals surface area contributed by atoms with Crippen LogP contribution in [0.2, 0.25) is 0 Å². The normalized spacial score (nSPS) is 16.8. The van der Waals surface area contributed by atoms with E-state index in [-0.39, 0.29) is 17.7 Å². The molecule has 2 heterocycles. The van der Waals surface area contributed by atoms with Gasteiger partial charge in [0, 0.05) is 42.3 Å². The number of Topliss-reactive ketones (excluding diaryl/α,β-unsaturated/α-hetero) is 1. The summed E-state index contributed by atoms with van der Waals surface area (Å²) < 4.78 is 5.06. The number of ether oxygens (including phenoxy) is 1. The molecule has 34 heavy (non-hydrogen) atoms. The molecule has 1 aromatic carbocycles. The van der Waals surface area contributed by atoms with Crippen molar-refractivity contribution in [3.05, 3.63) is 45.8 Å². The number of rotatable bonds is 6. The number of ketones is 1. The van der Waals surface area contributed by atoms with Crippen LogP contribution >= 0.6 is 11.3 Å². The van der Waals surface area contributed by atoms with Gasteiger partial charge in [0.25, 0.3) is 0 Å². The van der Waals surface area contributed by atoms with Gasteiger partial charge < -0.3 is 15.0 Å². The number of thiophene rings is 1. The maximum Gasteiger partial charge on any atom is 0.341 e. The Morgan fingerprint density at radius 3 is 2.29 bits per heavy atom. The first kappa shape index (κ1) is 24.4. The first-order valence-corrected chi connectivity index (χ1v) is 12.9. The number of hydrogen-bond acceptors (Lipinski definition) is 7. The third-order valence-electron chi connectivity index (χ3n) is 6.69. The van der Waals surface area contributed by atoms with E-state index < -0.39 is 0 Å². The van der Waals surface area contributed by atoms with E-state index in [1.165, 1.54) is 36.2 Å². The topological polar surface area (TPSA) is 79.0 Å². The number of amides is 1. The summed E-state index contributed by atoms with van der Waals surface area (Å²) in [5.41, 5.74) is 3.42.